The molecule has 0 radical (unpaired) electrons. The van der Waals surface area contributed by atoms with Crippen LogP contribution in [0.15, 0.2) is 42.5 Å². The fourth-order valence-electron chi connectivity index (χ4n) is 3.14. The third-order valence-electron chi connectivity index (χ3n) is 4.56. The molecule has 4 aromatic rings. The molecular weight excluding hydrogens is 378 g/mol. The van der Waals surface area contributed by atoms with Crippen LogP contribution in [-0.2, 0) is 0 Å². The Morgan fingerprint density at radius 3 is 2.89 bits per heavy atom. The number of benzene rings is 2. The summed E-state index contributed by atoms with van der Waals surface area (Å²) in [6, 6.07) is 12.8. The summed E-state index contributed by atoms with van der Waals surface area (Å²) < 4.78 is 15.9. The van der Waals surface area contributed by atoms with Crippen LogP contribution in [0.3, 0.4) is 0 Å². The van der Waals surface area contributed by atoms with Crippen LogP contribution in [0.25, 0.3) is 21.1 Å². The number of thiophene rings is 1. The zero-order valence-electron chi connectivity index (χ0n) is 14.8. The van der Waals surface area contributed by atoms with Gasteiger partial charge >= 0.3 is 0 Å². The van der Waals surface area contributed by atoms with Crippen molar-refractivity contribution in [1.29, 1.82) is 0 Å². The first kappa shape index (κ1) is 16.6. The lowest BCUT2D eigenvalue weighted by Crippen LogP contribution is -2.11. The Balaban J connectivity index is 1.51. The number of pyridine rings is 1. The van der Waals surface area contributed by atoms with Gasteiger partial charge in [-0.05, 0) is 36.4 Å². The van der Waals surface area contributed by atoms with Crippen LogP contribution in [-0.4, -0.2) is 24.8 Å². The number of nitrogens with zero attached hydrogens (tertiary/aromatic N) is 1. The van der Waals surface area contributed by atoms with Crippen molar-refractivity contribution in [1.82, 2.24) is 4.98 Å². The zero-order chi connectivity index (χ0) is 19.3. The van der Waals surface area contributed by atoms with E-state index < -0.39 is 0 Å². The Labute approximate surface area is 163 Å². The smallest absolute Gasteiger partial charge is 0.267 e. The SMILES string of the molecule is COc1ccc2nc3sc(C(=O)Nc4ccc5c(c4)OCO5)c(N)c3cc2c1. The fourth-order valence-corrected chi connectivity index (χ4v) is 4.12. The maximum atomic E-state index is 12.8. The van der Waals surface area contributed by atoms with Crippen molar-refractivity contribution < 1.29 is 19.0 Å². The number of rotatable bonds is 3. The molecule has 0 spiro atoms. The predicted molar refractivity (Wildman–Crippen MR) is 109 cm³/mol. The molecule has 7 nitrogen and oxygen atoms in total. The summed E-state index contributed by atoms with van der Waals surface area (Å²) in [5, 5.41) is 4.51. The number of aromatic nitrogens is 1. The normalized spacial score (nSPS) is 12.5. The van der Waals surface area contributed by atoms with Crippen molar-refractivity contribution in [2.45, 2.75) is 0 Å². The molecule has 1 aliphatic heterocycles. The highest BCUT2D eigenvalue weighted by molar-refractivity contribution is 7.21. The topological polar surface area (TPSA) is 95.7 Å². The average molecular weight is 393 g/mol. The summed E-state index contributed by atoms with van der Waals surface area (Å²) in [6.45, 7) is 0.181. The predicted octanol–water partition coefficient (Wildman–Crippen LogP) is 4.02. The Kier molecular flexibility index (Phi) is 3.73. The van der Waals surface area contributed by atoms with E-state index in [2.05, 4.69) is 10.3 Å². The fraction of sp³-hybridized carbons (Fsp3) is 0.100. The van der Waals surface area contributed by atoms with E-state index in [4.69, 9.17) is 19.9 Å². The van der Waals surface area contributed by atoms with Gasteiger partial charge in [-0.15, -0.1) is 11.3 Å². The summed E-state index contributed by atoms with van der Waals surface area (Å²) in [7, 11) is 1.62. The molecule has 28 heavy (non-hydrogen) atoms. The van der Waals surface area contributed by atoms with E-state index in [1.54, 1.807) is 25.3 Å². The Morgan fingerprint density at radius 2 is 2.04 bits per heavy atom. The van der Waals surface area contributed by atoms with Crippen molar-refractivity contribution in [3.8, 4) is 17.2 Å². The van der Waals surface area contributed by atoms with Crippen LogP contribution >= 0.6 is 11.3 Å². The van der Waals surface area contributed by atoms with Gasteiger partial charge in [0.15, 0.2) is 11.5 Å². The highest BCUT2D eigenvalue weighted by atomic mass is 32.1. The van der Waals surface area contributed by atoms with Gasteiger partial charge in [0.05, 0.1) is 18.3 Å². The van der Waals surface area contributed by atoms with Crippen molar-refractivity contribution in [3.05, 3.63) is 47.3 Å². The van der Waals surface area contributed by atoms with Crippen LogP contribution < -0.4 is 25.3 Å². The number of nitrogens with two attached hydrogens (primary N) is 1. The standard InChI is InChI=1S/C20H15N3O4S/c1-25-12-3-4-14-10(6-12)7-13-17(21)18(28-20(13)23-14)19(24)22-11-2-5-15-16(8-11)27-9-26-15/h2-8H,9,21H2,1H3,(H,22,24). The van der Waals surface area contributed by atoms with Gasteiger partial charge < -0.3 is 25.3 Å². The number of nitrogens with one attached hydrogen (secondary N) is 1. The van der Waals surface area contributed by atoms with Crippen LogP contribution in [0.5, 0.6) is 17.2 Å². The summed E-state index contributed by atoms with van der Waals surface area (Å²) >= 11 is 1.27. The second-order valence-electron chi connectivity index (χ2n) is 6.27. The van der Waals surface area contributed by atoms with Crippen LogP contribution in [0.1, 0.15) is 9.67 Å². The molecule has 3 N–H and O–H groups in total. The van der Waals surface area contributed by atoms with E-state index in [9.17, 15) is 4.79 Å². The van der Waals surface area contributed by atoms with Gasteiger partial charge in [0.25, 0.3) is 5.91 Å². The van der Waals surface area contributed by atoms with Crippen molar-refractivity contribution in [2.24, 2.45) is 0 Å². The second-order valence-corrected chi connectivity index (χ2v) is 7.27. The summed E-state index contributed by atoms with van der Waals surface area (Å²) in [4.78, 5) is 18.6. The van der Waals surface area contributed by atoms with E-state index in [-0.39, 0.29) is 12.7 Å². The largest absolute Gasteiger partial charge is 0.497 e. The van der Waals surface area contributed by atoms with E-state index in [0.29, 0.717) is 32.6 Å². The molecule has 0 atom stereocenters. The molecule has 0 saturated carbocycles. The number of anilines is 2. The quantitative estimate of drug-likeness (QED) is 0.546. The Hall–Kier alpha value is -3.52. The van der Waals surface area contributed by atoms with Crippen LogP contribution in [0.4, 0.5) is 11.4 Å². The summed E-state index contributed by atoms with van der Waals surface area (Å²) in [6.07, 6.45) is 0. The van der Waals surface area contributed by atoms with Crippen molar-refractivity contribution in [3.63, 3.8) is 0 Å². The van der Waals surface area contributed by atoms with Gasteiger partial charge in [-0.25, -0.2) is 4.98 Å². The Morgan fingerprint density at radius 1 is 1.18 bits per heavy atom. The number of ether oxygens (including phenoxy) is 3. The lowest BCUT2D eigenvalue weighted by molar-refractivity contribution is 0.103. The number of fused-ring (bicyclic) bond motifs is 3. The number of hydrogen-bond donors (Lipinski definition) is 2. The molecule has 0 saturated heterocycles. The van der Waals surface area contributed by atoms with E-state index >= 15 is 0 Å². The molecule has 0 bridgehead atoms. The number of amides is 1. The highest BCUT2D eigenvalue weighted by Crippen LogP contribution is 2.37. The van der Waals surface area contributed by atoms with Gasteiger partial charge in [0.2, 0.25) is 6.79 Å². The molecule has 2 aromatic heterocycles. The highest BCUT2D eigenvalue weighted by Gasteiger charge is 2.20. The van der Waals surface area contributed by atoms with Crippen LogP contribution in [0.2, 0.25) is 0 Å². The first-order chi connectivity index (χ1) is 13.6. The van der Waals surface area contributed by atoms with Gasteiger partial charge in [0, 0.05) is 22.5 Å². The molecule has 1 aliphatic rings. The minimum absolute atomic E-state index is 0.181. The van der Waals surface area contributed by atoms with Crippen LogP contribution in [0, 0.1) is 0 Å². The lowest BCUT2D eigenvalue weighted by atomic mass is 10.1. The van der Waals surface area contributed by atoms with E-state index in [1.165, 1.54) is 11.3 Å². The lowest BCUT2D eigenvalue weighted by Gasteiger charge is -2.05. The van der Waals surface area contributed by atoms with Gasteiger partial charge in [-0.2, -0.15) is 0 Å². The molecular formula is C20H15N3O4S. The third-order valence-corrected chi connectivity index (χ3v) is 5.67. The van der Waals surface area contributed by atoms with Crippen molar-refractivity contribution >= 4 is 49.7 Å². The van der Waals surface area contributed by atoms with E-state index in [1.807, 2.05) is 24.3 Å². The maximum Gasteiger partial charge on any atom is 0.267 e. The molecule has 3 heterocycles. The molecule has 0 aliphatic carbocycles. The summed E-state index contributed by atoms with van der Waals surface area (Å²) in [5.41, 5.74) is 8.11. The average Bonchev–Trinajstić information content (AvgIpc) is 3.30. The van der Waals surface area contributed by atoms with E-state index in [0.717, 1.165) is 22.0 Å². The first-order valence-electron chi connectivity index (χ1n) is 8.50. The molecule has 140 valence electrons. The molecule has 0 fully saturated rings. The van der Waals surface area contributed by atoms with Crippen molar-refractivity contribution in [2.75, 3.05) is 25.0 Å². The molecule has 0 unspecified atom stereocenters. The monoisotopic (exact) mass is 393 g/mol. The molecule has 1 amide bonds. The first-order valence-corrected chi connectivity index (χ1v) is 9.32. The molecule has 5 rings (SSSR count). The third kappa shape index (κ3) is 2.66. The zero-order valence-corrected chi connectivity index (χ0v) is 15.6. The number of nitrogen functional groups attached to an aromatic ring is 1. The number of hydrogen-bond acceptors (Lipinski definition) is 7. The van der Waals surface area contributed by atoms with Gasteiger partial charge in [-0.3, -0.25) is 4.79 Å². The minimum atomic E-state index is -0.291. The molecule has 8 heteroatoms. The summed E-state index contributed by atoms with van der Waals surface area (Å²) in [5.74, 6) is 1.71. The Bertz CT molecular complexity index is 1250. The second kappa shape index (κ2) is 6.28. The van der Waals surface area contributed by atoms with Gasteiger partial charge in [0.1, 0.15) is 15.5 Å². The number of methoxy groups -OCH3 is 1. The minimum Gasteiger partial charge on any atom is -0.497 e. The number of carbonyl (C=O) groups is 1. The number of carbonyl (C=O) groups excluding carboxylic acids is 1. The van der Waals surface area contributed by atoms with Gasteiger partial charge in [-0.1, -0.05) is 0 Å². The maximum absolute atomic E-state index is 12.8. The molecule has 2 aromatic carbocycles.